The molecule has 0 bridgehead atoms. The van der Waals surface area contributed by atoms with Crippen molar-refractivity contribution in [2.45, 2.75) is 20.0 Å². The molecule has 0 aliphatic heterocycles. The van der Waals surface area contributed by atoms with Gasteiger partial charge in [0.15, 0.2) is 12.7 Å². The summed E-state index contributed by atoms with van der Waals surface area (Å²) in [6, 6.07) is 18.2. The largest absolute Gasteiger partial charge is 0.479 e. The molecule has 3 aromatic rings. The van der Waals surface area contributed by atoms with Crippen molar-refractivity contribution in [3.63, 3.8) is 0 Å². The van der Waals surface area contributed by atoms with Gasteiger partial charge in [-0.05, 0) is 31.5 Å². The van der Waals surface area contributed by atoms with Crippen LogP contribution in [0.1, 0.15) is 24.2 Å². The number of amides is 1. The summed E-state index contributed by atoms with van der Waals surface area (Å²) in [5.74, 6) is -1.26. The normalized spacial score (nSPS) is 11.3. The number of thiophene rings is 1. The molecule has 3 rings (SSSR count). The summed E-state index contributed by atoms with van der Waals surface area (Å²) in [6.07, 6.45) is -0.883. The molecular weight excluding hydrogens is 430 g/mol. The molecule has 0 fully saturated rings. The highest BCUT2D eigenvalue weighted by atomic mass is 32.1. The van der Waals surface area contributed by atoms with Gasteiger partial charge in [0.25, 0.3) is 5.91 Å². The molecule has 0 spiro atoms. The third kappa shape index (κ3) is 5.95. The van der Waals surface area contributed by atoms with Gasteiger partial charge in [0.1, 0.15) is 16.3 Å². The lowest BCUT2D eigenvalue weighted by atomic mass is 10.0. The minimum Gasteiger partial charge on any atom is -0.479 e. The van der Waals surface area contributed by atoms with Crippen molar-refractivity contribution in [2.75, 3.05) is 18.5 Å². The Labute approximate surface area is 189 Å². The Morgan fingerprint density at radius 2 is 1.62 bits per heavy atom. The molecule has 0 radical (unpaired) electrons. The summed E-state index contributed by atoms with van der Waals surface area (Å²) in [5.41, 5.74) is 1.75. The molecule has 1 unspecified atom stereocenters. The lowest BCUT2D eigenvalue weighted by Gasteiger charge is -2.14. The van der Waals surface area contributed by atoms with Crippen LogP contribution in [0.3, 0.4) is 0 Å². The van der Waals surface area contributed by atoms with E-state index in [4.69, 9.17) is 14.2 Å². The average Bonchev–Trinajstić information content (AvgIpc) is 3.22. The number of carbonyl (C=O) groups excluding carboxylic acids is 3. The molecule has 1 amide bonds. The maximum atomic E-state index is 12.6. The van der Waals surface area contributed by atoms with Crippen LogP contribution in [0, 0.1) is 0 Å². The number of hydrogen-bond donors (Lipinski definition) is 1. The van der Waals surface area contributed by atoms with Gasteiger partial charge < -0.3 is 19.5 Å². The summed E-state index contributed by atoms with van der Waals surface area (Å²) >= 11 is 1.20. The molecule has 2 aromatic carbocycles. The van der Waals surface area contributed by atoms with Gasteiger partial charge in [0.05, 0.1) is 6.61 Å². The van der Waals surface area contributed by atoms with E-state index in [0.29, 0.717) is 16.3 Å². The Morgan fingerprint density at radius 3 is 2.28 bits per heavy atom. The van der Waals surface area contributed by atoms with Crippen molar-refractivity contribution < 1.29 is 28.6 Å². The molecule has 166 valence electrons. The third-order valence-corrected chi connectivity index (χ3v) is 5.24. The molecule has 8 heteroatoms. The van der Waals surface area contributed by atoms with Crippen molar-refractivity contribution in [3.05, 3.63) is 71.6 Å². The van der Waals surface area contributed by atoms with Gasteiger partial charge in [0, 0.05) is 10.9 Å². The molecule has 1 N–H and O–H groups in total. The predicted molar refractivity (Wildman–Crippen MR) is 122 cm³/mol. The van der Waals surface area contributed by atoms with Gasteiger partial charge in [-0.3, -0.25) is 4.79 Å². The maximum absolute atomic E-state index is 12.6. The Bertz CT molecular complexity index is 1060. The van der Waals surface area contributed by atoms with Gasteiger partial charge in [-0.2, -0.15) is 0 Å². The number of anilines is 1. The zero-order chi connectivity index (χ0) is 22.9. The van der Waals surface area contributed by atoms with Crippen LogP contribution in [0.4, 0.5) is 5.00 Å². The lowest BCUT2D eigenvalue weighted by Crippen LogP contribution is -2.29. The van der Waals surface area contributed by atoms with Crippen LogP contribution in [0.25, 0.3) is 11.1 Å². The quantitative estimate of drug-likeness (QED) is 0.478. The first-order chi connectivity index (χ1) is 15.5. The smallest absolute Gasteiger partial charge is 0.347 e. The van der Waals surface area contributed by atoms with Crippen molar-refractivity contribution >= 4 is 34.2 Å². The van der Waals surface area contributed by atoms with E-state index in [2.05, 4.69) is 5.32 Å². The van der Waals surface area contributed by atoms with Crippen molar-refractivity contribution in [1.82, 2.24) is 0 Å². The van der Waals surface area contributed by atoms with Crippen LogP contribution >= 0.6 is 11.3 Å². The van der Waals surface area contributed by atoms with E-state index >= 15 is 0 Å². The first-order valence-electron chi connectivity index (χ1n) is 10.0. The molecule has 7 nitrogen and oxygen atoms in total. The average molecular weight is 454 g/mol. The minimum atomic E-state index is -0.883. The van der Waals surface area contributed by atoms with Crippen LogP contribution < -0.4 is 10.1 Å². The predicted octanol–water partition coefficient (Wildman–Crippen LogP) is 4.54. The van der Waals surface area contributed by atoms with Crippen LogP contribution in [0.5, 0.6) is 5.75 Å². The van der Waals surface area contributed by atoms with E-state index in [1.807, 2.05) is 36.4 Å². The standard InChI is InChI=1S/C24H23NO6S/c1-3-29-24(28)21-19(17-10-6-4-7-11-17)15-32-22(21)25-20(26)14-30-23(27)16(2)31-18-12-8-5-9-13-18/h4-13,15-16H,3,14H2,1-2H3,(H,25,26). The fourth-order valence-corrected chi connectivity index (χ4v) is 3.83. The Balaban J connectivity index is 1.65. The topological polar surface area (TPSA) is 90.9 Å². The highest BCUT2D eigenvalue weighted by Gasteiger charge is 2.24. The molecule has 0 aliphatic carbocycles. The molecule has 0 saturated carbocycles. The van der Waals surface area contributed by atoms with Crippen LogP contribution in [-0.4, -0.2) is 37.2 Å². The minimum absolute atomic E-state index is 0.202. The Morgan fingerprint density at radius 1 is 0.969 bits per heavy atom. The van der Waals surface area contributed by atoms with E-state index < -0.39 is 30.6 Å². The van der Waals surface area contributed by atoms with Crippen LogP contribution in [0.15, 0.2) is 66.0 Å². The van der Waals surface area contributed by atoms with Gasteiger partial charge in [-0.1, -0.05) is 48.5 Å². The number of benzene rings is 2. The number of esters is 2. The number of nitrogens with one attached hydrogen (secondary N) is 1. The van der Waals surface area contributed by atoms with Crippen LogP contribution in [-0.2, 0) is 19.1 Å². The monoisotopic (exact) mass is 453 g/mol. The van der Waals surface area contributed by atoms with Gasteiger partial charge in [-0.25, -0.2) is 9.59 Å². The van der Waals surface area contributed by atoms with Crippen molar-refractivity contribution in [2.24, 2.45) is 0 Å². The first kappa shape index (κ1) is 23.0. The highest BCUT2D eigenvalue weighted by molar-refractivity contribution is 7.15. The third-order valence-electron chi connectivity index (χ3n) is 4.34. The summed E-state index contributed by atoms with van der Waals surface area (Å²) in [7, 11) is 0. The molecule has 0 saturated heterocycles. The van der Waals surface area contributed by atoms with Crippen molar-refractivity contribution in [1.29, 1.82) is 0 Å². The first-order valence-corrected chi connectivity index (χ1v) is 10.9. The number of carbonyl (C=O) groups is 3. The number of para-hydroxylation sites is 1. The summed E-state index contributed by atoms with van der Waals surface area (Å²) in [6.45, 7) is 2.94. The lowest BCUT2D eigenvalue weighted by molar-refractivity contribution is -0.153. The molecular formula is C24H23NO6S. The molecule has 1 heterocycles. The van der Waals surface area contributed by atoms with E-state index in [1.165, 1.54) is 18.3 Å². The Kier molecular flexibility index (Phi) is 7.99. The van der Waals surface area contributed by atoms with Gasteiger partial charge in [0.2, 0.25) is 0 Å². The zero-order valence-corrected chi connectivity index (χ0v) is 18.5. The zero-order valence-electron chi connectivity index (χ0n) is 17.7. The summed E-state index contributed by atoms with van der Waals surface area (Å²) in [5, 5.41) is 4.75. The number of hydrogen-bond acceptors (Lipinski definition) is 7. The van der Waals surface area contributed by atoms with E-state index in [0.717, 1.165) is 5.56 Å². The number of rotatable bonds is 9. The fourth-order valence-electron chi connectivity index (χ4n) is 2.85. The molecule has 0 aliphatic rings. The Hall–Kier alpha value is -3.65. The second-order valence-corrected chi connectivity index (χ2v) is 7.55. The molecule has 32 heavy (non-hydrogen) atoms. The van der Waals surface area contributed by atoms with E-state index in [1.54, 1.807) is 36.6 Å². The molecule has 1 atom stereocenters. The van der Waals surface area contributed by atoms with Gasteiger partial charge in [-0.15, -0.1) is 11.3 Å². The van der Waals surface area contributed by atoms with Crippen molar-refractivity contribution in [3.8, 4) is 16.9 Å². The second kappa shape index (κ2) is 11.1. The summed E-state index contributed by atoms with van der Waals surface area (Å²) < 4.78 is 15.7. The second-order valence-electron chi connectivity index (χ2n) is 6.67. The van der Waals surface area contributed by atoms with E-state index in [-0.39, 0.29) is 12.2 Å². The van der Waals surface area contributed by atoms with E-state index in [9.17, 15) is 14.4 Å². The molecule has 1 aromatic heterocycles. The van der Waals surface area contributed by atoms with Crippen LogP contribution in [0.2, 0.25) is 0 Å². The summed E-state index contributed by atoms with van der Waals surface area (Å²) in [4.78, 5) is 37.1. The number of ether oxygens (including phenoxy) is 3. The SMILES string of the molecule is CCOC(=O)c1c(-c2ccccc2)csc1NC(=O)COC(=O)C(C)Oc1ccccc1. The maximum Gasteiger partial charge on any atom is 0.347 e. The van der Waals surface area contributed by atoms with Gasteiger partial charge >= 0.3 is 11.9 Å². The highest BCUT2D eigenvalue weighted by Crippen LogP contribution is 2.36. The fraction of sp³-hybridized carbons (Fsp3) is 0.208.